The third-order valence-corrected chi connectivity index (χ3v) is 3.80. The van der Waals surface area contributed by atoms with Crippen LogP contribution in [0.5, 0.6) is 0 Å². The molecule has 0 fully saturated rings. The molecule has 22 heavy (non-hydrogen) atoms. The van der Waals surface area contributed by atoms with E-state index in [1.165, 1.54) is 5.56 Å². The van der Waals surface area contributed by atoms with Gasteiger partial charge >= 0.3 is 0 Å². The van der Waals surface area contributed by atoms with Gasteiger partial charge in [0.05, 0.1) is 5.52 Å². The molecule has 0 aliphatic rings. The fraction of sp³-hybridized carbons (Fsp3) is 0.176. The number of fused-ring (bicyclic) bond motifs is 1. The molecule has 0 radical (unpaired) electrons. The van der Waals surface area contributed by atoms with Crippen LogP contribution < -0.4 is 5.43 Å². The number of aromatic nitrogens is 2. The second-order valence-corrected chi connectivity index (χ2v) is 5.55. The molecule has 0 aliphatic carbocycles. The number of aryl methyl sites for hydroxylation is 1. The van der Waals surface area contributed by atoms with Crippen molar-refractivity contribution in [3.05, 3.63) is 65.1 Å². The molecule has 3 rings (SSSR count). The van der Waals surface area contributed by atoms with Crippen LogP contribution >= 0.6 is 11.6 Å². The first-order valence-electron chi connectivity index (χ1n) is 7.16. The van der Waals surface area contributed by atoms with Gasteiger partial charge in [0.1, 0.15) is 0 Å². The summed E-state index contributed by atoms with van der Waals surface area (Å²) in [7, 11) is 0. The van der Waals surface area contributed by atoms with Gasteiger partial charge in [0.15, 0.2) is 6.29 Å². The van der Waals surface area contributed by atoms with E-state index >= 15 is 0 Å². The molecule has 1 aromatic carbocycles. The van der Waals surface area contributed by atoms with E-state index in [0.717, 1.165) is 36.6 Å². The van der Waals surface area contributed by atoms with Gasteiger partial charge in [0.2, 0.25) is 0 Å². The topological polar surface area (TPSA) is 46.9 Å². The highest BCUT2D eigenvalue weighted by Gasteiger charge is 2.03. The van der Waals surface area contributed by atoms with Crippen LogP contribution in [-0.4, -0.2) is 22.5 Å². The highest BCUT2D eigenvalue weighted by atomic mass is 35.5. The minimum atomic E-state index is 0.671. The number of carbonyl (C=O) groups excluding carboxylic acids is 1. The molecule has 0 atom stereocenters. The summed E-state index contributed by atoms with van der Waals surface area (Å²) >= 11 is 6.00. The average Bonchev–Trinajstić information content (AvgIpc) is 2.99. The van der Waals surface area contributed by atoms with Gasteiger partial charge in [-0.05, 0) is 42.7 Å². The van der Waals surface area contributed by atoms with E-state index in [1.54, 1.807) is 12.3 Å². The van der Waals surface area contributed by atoms with Crippen molar-refractivity contribution < 1.29 is 4.79 Å². The summed E-state index contributed by atoms with van der Waals surface area (Å²) in [5.74, 6) is 0. The Kier molecular flexibility index (Phi) is 4.39. The van der Waals surface area contributed by atoms with E-state index in [-0.39, 0.29) is 0 Å². The monoisotopic (exact) mass is 313 g/mol. The standard InChI is InChI=1S/C17H16ClN3O/c18-15-3-4-16-14(5-8-19-17(16)10-15)2-1-7-20-21-9-6-13(11-21)12-22/h3-6,8-12,20H,1-2,7H2. The van der Waals surface area contributed by atoms with Crippen LogP contribution in [0.2, 0.25) is 5.02 Å². The lowest BCUT2D eigenvalue weighted by Crippen LogP contribution is -2.14. The summed E-state index contributed by atoms with van der Waals surface area (Å²) in [6.07, 6.45) is 8.21. The van der Waals surface area contributed by atoms with E-state index in [9.17, 15) is 4.79 Å². The summed E-state index contributed by atoms with van der Waals surface area (Å²) in [6, 6.07) is 9.64. The number of nitrogens with zero attached hydrogens (tertiary/aromatic N) is 2. The number of hydrogen-bond acceptors (Lipinski definition) is 3. The van der Waals surface area contributed by atoms with Crippen molar-refractivity contribution >= 4 is 28.8 Å². The number of halogens is 1. The lowest BCUT2D eigenvalue weighted by atomic mass is 10.0. The second kappa shape index (κ2) is 6.62. The molecule has 2 heterocycles. The molecule has 0 bridgehead atoms. The Bertz CT molecular complexity index is 797. The first-order chi connectivity index (χ1) is 10.8. The zero-order chi connectivity index (χ0) is 15.4. The van der Waals surface area contributed by atoms with Crippen molar-refractivity contribution in [3.63, 3.8) is 0 Å². The highest BCUT2D eigenvalue weighted by molar-refractivity contribution is 6.31. The lowest BCUT2D eigenvalue weighted by Gasteiger charge is -2.09. The molecular formula is C17H16ClN3O. The van der Waals surface area contributed by atoms with Gasteiger partial charge in [-0.1, -0.05) is 17.7 Å². The Morgan fingerprint density at radius 3 is 3.00 bits per heavy atom. The molecular weight excluding hydrogens is 298 g/mol. The van der Waals surface area contributed by atoms with Crippen LogP contribution in [-0.2, 0) is 6.42 Å². The zero-order valence-corrected chi connectivity index (χ0v) is 12.8. The van der Waals surface area contributed by atoms with Crippen molar-refractivity contribution in [1.29, 1.82) is 0 Å². The molecule has 112 valence electrons. The first-order valence-corrected chi connectivity index (χ1v) is 7.54. The number of pyridine rings is 1. The predicted octanol–water partition coefficient (Wildman–Crippen LogP) is 3.68. The summed E-state index contributed by atoms with van der Waals surface area (Å²) < 4.78 is 1.81. The number of nitrogens with one attached hydrogen (secondary N) is 1. The SMILES string of the molecule is O=Cc1ccn(NCCCc2ccnc3cc(Cl)ccc23)c1. The van der Waals surface area contributed by atoms with Gasteiger partial charge in [-0.15, -0.1) is 0 Å². The van der Waals surface area contributed by atoms with Crippen molar-refractivity contribution in [1.82, 2.24) is 9.66 Å². The molecule has 0 spiro atoms. The zero-order valence-electron chi connectivity index (χ0n) is 12.0. The van der Waals surface area contributed by atoms with Crippen LogP contribution in [0.15, 0.2) is 48.9 Å². The molecule has 1 N–H and O–H groups in total. The first kappa shape index (κ1) is 14.6. The van der Waals surface area contributed by atoms with Crippen molar-refractivity contribution in [3.8, 4) is 0 Å². The molecule has 2 aromatic heterocycles. The quantitative estimate of drug-likeness (QED) is 0.558. The molecule has 0 saturated carbocycles. The molecule has 5 heteroatoms. The smallest absolute Gasteiger partial charge is 0.151 e. The van der Waals surface area contributed by atoms with Crippen LogP contribution in [0.25, 0.3) is 10.9 Å². The van der Waals surface area contributed by atoms with E-state index < -0.39 is 0 Å². The third-order valence-electron chi connectivity index (χ3n) is 3.56. The summed E-state index contributed by atoms with van der Waals surface area (Å²) in [4.78, 5) is 15.0. The molecule has 0 amide bonds. The minimum absolute atomic E-state index is 0.671. The third kappa shape index (κ3) is 3.28. The molecule has 4 nitrogen and oxygen atoms in total. The normalized spacial score (nSPS) is 10.8. The van der Waals surface area contributed by atoms with Crippen LogP contribution in [0.4, 0.5) is 0 Å². The van der Waals surface area contributed by atoms with Crippen LogP contribution in [0.3, 0.4) is 0 Å². The van der Waals surface area contributed by atoms with Crippen molar-refractivity contribution in [2.75, 3.05) is 12.0 Å². The molecule has 0 unspecified atom stereocenters. The van der Waals surface area contributed by atoms with Crippen molar-refractivity contribution in [2.45, 2.75) is 12.8 Å². The second-order valence-electron chi connectivity index (χ2n) is 5.11. The van der Waals surface area contributed by atoms with Gasteiger partial charge in [0, 0.05) is 41.1 Å². The van der Waals surface area contributed by atoms with Crippen LogP contribution in [0, 0.1) is 0 Å². The van der Waals surface area contributed by atoms with Crippen LogP contribution in [0.1, 0.15) is 22.3 Å². The molecule has 0 aliphatic heterocycles. The Morgan fingerprint density at radius 2 is 2.18 bits per heavy atom. The fourth-order valence-corrected chi connectivity index (χ4v) is 2.63. The van der Waals surface area contributed by atoms with E-state index in [4.69, 9.17) is 11.6 Å². The number of benzene rings is 1. The van der Waals surface area contributed by atoms with Gasteiger partial charge < -0.3 is 5.43 Å². The van der Waals surface area contributed by atoms with Gasteiger partial charge in [-0.25, -0.2) is 0 Å². The Morgan fingerprint density at radius 1 is 1.27 bits per heavy atom. The van der Waals surface area contributed by atoms with E-state index in [2.05, 4.69) is 16.5 Å². The van der Waals surface area contributed by atoms with E-state index in [0.29, 0.717) is 10.6 Å². The predicted molar refractivity (Wildman–Crippen MR) is 89.1 cm³/mol. The van der Waals surface area contributed by atoms with Crippen molar-refractivity contribution in [2.24, 2.45) is 0 Å². The highest BCUT2D eigenvalue weighted by Crippen LogP contribution is 2.21. The Hall–Kier alpha value is -2.33. The largest absolute Gasteiger partial charge is 0.326 e. The number of rotatable bonds is 6. The maximum absolute atomic E-state index is 10.6. The summed E-state index contributed by atoms with van der Waals surface area (Å²) in [5.41, 5.74) is 6.12. The summed E-state index contributed by atoms with van der Waals surface area (Å²) in [6.45, 7) is 0.824. The Balaban J connectivity index is 1.60. The van der Waals surface area contributed by atoms with Gasteiger partial charge in [0.25, 0.3) is 0 Å². The minimum Gasteiger partial charge on any atom is -0.326 e. The number of aldehydes is 1. The average molecular weight is 314 g/mol. The maximum Gasteiger partial charge on any atom is 0.151 e. The maximum atomic E-state index is 10.6. The van der Waals surface area contributed by atoms with Gasteiger partial charge in [-0.2, -0.15) is 0 Å². The number of carbonyl (C=O) groups is 1. The van der Waals surface area contributed by atoms with E-state index in [1.807, 2.05) is 35.3 Å². The molecule has 0 saturated heterocycles. The Labute approximate surface area is 133 Å². The summed E-state index contributed by atoms with van der Waals surface area (Å²) in [5, 5.41) is 1.86. The fourth-order valence-electron chi connectivity index (χ4n) is 2.47. The lowest BCUT2D eigenvalue weighted by molar-refractivity contribution is 0.112. The molecule has 3 aromatic rings. The number of hydrogen-bond donors (Lipinski definition) is 1. The van der Waals surface area contributed by atoms with Gasteiger partial charge in [-0.3, -0.25) is 14.5 Å².